The second kappa shape index (κ2) is 8.71. The van der Waals surface area contributed by atoms with Crippen molar-refractivity contribution in [3.05, 3.63) is 83.1 Å². The Bertz CT molecular complexity index is 1010. The lowest BCUT2D eigenvalue weighted by Gasteiger charge is -2.22. The molecule has 1 N–H and O–H groups in total. The van der Waals surface area contributed by atoms with E-state index < -0.39 is 5.97 Å². The summed E-state index contributed by atoms with van der Waals surface area (Å²) < 4.78 is 11.8. The zero-order chi connectivity index (χ0) is 21.1. The summed E-state index contributed by atoms with van der Waals surface area (Å²) in [5.74, 6) is 0.718. The first-order valence-electron chi connectivity index (χ1n) is 10.2. The maximum atomic E-state index is 11.4. The fourth-order valence-corrected chi connectivity index (χ4v) is 4.05. The molecular formula is C24H26N2O4. The van der Waals surface area contributed by atoms with Crippen molar-refractivity contribution in [2.45, 2.75) is 45.4 Å². The van der Waals surface area contributed by atoms with Crippen LogP contribution in [0.15, 0.2) is 59.3 Å². The van der Waals surface area contributed by atoms with Crippen LogP contribution < -0.4 is 4.74 Å². The molecule has 2 heterocycles. The Labute approximate surface area is 176 Å². The molecule has 6 heteroatoms. The molecule has 0 saturated carbocycles. The molecule has 0 spiro atoms. The summed E-state index contributed by atoms with van der Waals surface area (Å²) >= 11 is 0. The van der Waals surface area contributed by atoms with Gasteiger partial charge in [0.1, 0.15) is 23.2 Å². The van der Waals surface area contributed by atoms with E-state index in [1.54, 1.807) is 0 Å². The first-order valence-corrected chi connectivity index (χ1v) is 10.2. The minimum Gasteiger partial charge on any atom is -0.480 e. The van der Waals surface area contributed by atoms with Gasteiger partial charge in [-0.1, -0.05) is 36.4 Å². The lowest BCUT2D eigenvalue weighted by Crippen LogP contribution is -2.35. The van der Waals surface area contributed by atoms with Crippen LogP contribution >= 0.6 is 0 Å². The first kappa shape index (κ1) is 20.2. The lowest BCUT2D eigenvalue weighted by molar-refractivity contribution is -0.142. The Morgan fingerprint density at radius 1 is 1.23 bits per heavy atom. The van der Waals surface area contributed by atoms with Crippen molar-refractivity contribution in [3.63, 3.8) is 0 Å². The van der Waals surface area contributed by atoms with Crippen LogP contribution in [-0.4, -0.2) is 33.5 Å². The van der Waals surface area contributed by atoms with Crippen molar-refractivity contribution in [2.75, 3.05) is 6.54 Å². The van der Waals surface area contributed by atoms with Gasteiger partial charge < -0.3 is 14.3 Å². The van der Waals surface area contributed by atoms with Gasteiger partial charge in [-0.05, 0) is 56.5 Å². The van der Waals surface area contributed by atoms with Gasteiger partial charge in [0.2, 0.25) is 0 Å². The number of likely N-dealkylation sites (tertiary alicyclic amines) is 1. The van der Waals surface area contributed by atoms with Gasteiger partial charge in [0.25, 0.3) is 0 Å². The van der Waals surface area contributed by atoms with E-state index in [-0.39, 0.29) is 12.1 Å². The van der Waals surface area contributed by atoms with Gasteiger partial charge in [-0.3, -0.25) is 9.69 Å². The van der Waals surface area contributed by atoms with Crippen LogP contribution in [0.4, 0.5) is 0 Å². The topological polar surface area (TPSA) is 75.8 Å². The summed E-state index contributed by atoms with van der Waals surface area (Å²) in [5, 5.41) is 9.37. The number of benzene rings is 2. The Kier molecular flexibility index (Phi) is 5.86. The second-order valence-electron chi connectivity index (χ2n) is 7.76. The van der Waals surface area contributed by atoms with Gasteiger partial charge in [-0.2, -0.15) is 0 Å². The highest BCUT2D eigenvalue weighted by molar-refractivity contribution is 5.73. The number of aromatic nitrogens is 1. The summed E-state index contributed by atoms with van der Waals surface area (Å²) in [5.41, 5.74) is 3.99. The van der Waals surface area contributed by atoms with Crippen LogP contribution in [0.3, 0.4) is 0 Å². The molecule has 0 amide bonds. The second-order valence-corrected chi connectivity index (χ2v) is 7.76. The first-order chi connectivity index (χ1) is 14.5. The lowest BCUT2D eigenvalue weighted by atomic mass is 10.0. The Hall–Kier alpha value is -3.12. The number of rotatable bonds is 7. The normalized spacial score (nSPS) is 17.7. The van der Waals surface area contributed by atoms with Crippen LogP contribution in [0.5, 0.6) is 5.75 Å². The van der Waals surface area contributed by atoms with Gasteiger partial charge in [0, 0.05) is 12.1 Å². The minimum absolute atomic E-state index is 0.370. The van der Waals surface area contributed by atoms with E-state index in [0.717, 1.165) is 46.9 Å². The zero-order valence-corrected chi connectivity index (χ0v) is 17.2. The smallest absolute Gasteiger partial charge is 0.320 e. The number of carbonyl (C=O) groups is 1. The van der Waals surface area contributed by atoms with Crippen molar-refractivity contribution in [3.8, 4) is 5.75 Å². The summed E-state index contributed by atoms with van der Waals surface area (Å²) in [6.07, 6.45) is 2.71. The fraction of sp³-hybridized carbons (Fsp3) is 0.333. The minimum atomic E-state index is -0.739. The summed E-state index contributed by atoms with van der Waals surface area (Å²) in [7, 11) is 0. The maximum Gasteiger partial charge on any atom is 0.320 e. The quantitative estimate of drug-likeness (QED) is 0.622. The van der Waals surface area contributed by atoms with Gasteiger partial charge in [-0.15, -0.1) is 0 Å². The van der Waals surface area contributed by atoms with E-state index in [1.165, 1.54) is 6.39 Å². The standard InChI is InChI=1S/C24H26N2O4/c1-16-6-3-4-7-20(16)23(22-17(2)29-15-25-22)30-19-11-9-18(10-12-19)14-26-13-5-8-21(26)24(27)28/h3-4,6-7,9-12,15,21,23H,5,8,13-14H2,1-2H3,(H,27,28)/t21?,23-/m1/s1. The van der Waals surface area contributed by atoms with Gasteiger partial charge in [0.15, 0.2) is 12.5 Å². The summed E-state index contributed by atoms with van der Waals surface area (Å²) in [6, 6.07) is 15.6. The molecule has 1 aliphatic rings. The van der Waals surface area contributed by atoms with Crippen molar-refractivity contribution >= 4 is 5.97 Å². The highest BCUT2D eigenvalue weighted by atomic mass is 16.5. The fourth-order valence-electron chi connectivity index (χ4n) is 4.05. The molecule has 1 saturated heterocycles. The number of oxazole rings is 1. The number of hydrogen-bond donors (Lipinski definition) is 1. The Morgan fingerprint density at radius 2 is 2.00 bits per heavy atom. The average molecular weight is 406 g/mol. The molecule has 4 rings (SSSR count). The number of carboxylic acids is 1. The SMILES string of the molecule is Cc1ccccc1[C@@H](Oc1ccc(CN2CCCC2C(=O)O)cc1)c1ncoc1C. The summed E-state index contributed by atoms with van der Waals surface area (Å²) in [4.78, 5) is 17.8. The Morgan fingerprint density at radius 3 is 2.67 bits per heavy atom. The van der Waals surface area contributed by atoms with Crippen LogP contribution in [0.25, 0.3) is 0 Å². The van der Waals surface area contributed by atoms with Crippen LogP contribution in [0, 0.1) is 13.8 Å². The van der Waals surface area contributed by atoms with E-state index in [9.17, 15) is 9.90 Å². The number of aryl methyl sites for hydroxylation is 2. The third-order valence-electron chi connectivity index (χ3n) is 5.71. The van der Waals surface area contributed by atoms with E-state index in [4.69, 9.17) is 9.15 Å². The van der Waals surface area contributed by atoms with Crippen molar-refractivity contribution in [2.24, 2.45) is 0 Å². The predicted molar refractivity (Wildman–Crippen MR) is 112 cm³/mol. The molecule has 1 unspecified atom stereocenters. The zero-order valence-electron chi connectivity index (χ0n) is 17.2. The molecule has 0 radical (unpaired) electrons. The molecule has 0 bridgehead atoms. The molecule has 1 aromatic heterocycles. The molecule has 1 fully saturated rings. The maximum absolute atomic E-state index is 11.4. The predicted octanol–water partition coefficient (Wildman–Crippen LogP) is 4.51. The number of aliphatic carboxylic acids is 1. The molecule has 2 atom stereocenters. The number of carboxylic acid groups (broad SMARTS) is 1. The highest BCUT2D eigenvalue weighted by Gasteiger charge is 2.30. The molecule has 0 aliphatic carbocycles. The van der Waals surface area contributed by atoms with E-state index in [2.05, 4.69) is 18.0 Å². The van der Waals surface area contributed by atoms with Crippen LogP contribution in [-0.2, 0) is 11.3 Å². The molecule has 1 aliphatic heterocycles. The summed E-state index contributed by atoms with van der Waals surface area (Å²) in [6.45, 7) is 5.38. The van der Waals surface area contributed by atoms with E-state index in [1.807, 2.05) is 54.3 Å². The molecule has 156 valence electrons. The molecule has 2 aromatic carbocycles. The third kappa shape index (κ3) is 4.24. The number of hydrogen-bond acceptors (Lipinski definition) is 5. The van der Waals surface area contributed by atoms with Crippen LogP contribution in [0.1, 0.15) is 47.1 Å². The number of ether oxygens (including phenoxy) is 1. The highest BCUT2D eigenvalue weighted by Crippen LogP contribution is 2.31. The van der Waals surface area contributed by atoms with Crippen molar-refractivity contribution < 1.29 is 19.1 Å². The Balaban J connectivity index is 1.53. The largest absolute Gasteiger partial charge is 0.480 e. The van der Waals surface area contributed by atoms with Crippen molar-refractivity contribution in [1.29, 1.82) is 0 Å². The van der Waals surface area contributed by atoms with Gasteiger partial charge in [0.05, 0.1) is 0 Å². The van der Waals surface area contributed by atoms with Crippen LogP contribution in [0.2, 0.25) is 0 Å². The van der Waals surface area contributed by atoms with Crippen molar-refractivity contribution in [1.82, 2.24) is 9.88 Å². The molecular weight excluding hydrogens is 380 g/mol. The van der Waals surface area contributed by atoms with E-state index in [0.29, 0.717) is 13.0 Å². The number of nitrogens with zero attached hydrogens (tertiary/aromatic N) is 2. The third-order valence-corrected chi connectivity index (χ3v) is 5.71. The van der Waals surface area contributed by atoms with E-state index >= 15 is 0 Å². The van der Waals surface area contributed by atoms with Gasteiger partial charge in [-0.25, -0.2) is 4.98 Å². The van der Waals surface area contributed by atoms with Gasteiger partial charge >= 0.3 is 5.97 Å². The molecule has 3 aromatic rings. The monoisotopic (exact) mass is 406 g/mol. The molecule has 6 nitrogen and oxygen atoms in total. The average Bonchev–Trinajstić information content (AvgIpc) is 3.37. The molecule has 30 heavy (non-hydrogen) atoms.